The Hall–Kier alpha value is -3.18. The number of halogens is 4. The second-order valence-corrected chi connectivity index (χ2v) is 11.3. The molecule has 5 aromatic rings. The van der Waals surface area contributed by atoms with Crippen molar-refractivity contribution in [3.8, 4) is 16.9 Å². The predicted molar refractivity (Wildman–Crippen MR) is 167 cm³/mol. The first-order valence-corrected chi connectivity index (χ1v) is 14.1. The third-order valence-electron chi connectivity index (χ3n) is 5.75. The van der Waals surface area contributed by atoms with E-state index < -0.39 is 11.9 Å². The molecule has 10 heteroatoms. The zero-order valence-electron chi connectivity index (χ0n) is 19.8. The van der Waals surface area contributed by atoms with Crippen LogP contribution in [-0.4, -0.2) is 23.1 Å². The number of ether oxygens (including phenoxy) is 1. The van der Waals surface area contributed by atoms with Gasteiger partial charge in [0.2, 0.25) is 0 Å². The highest BCUT2D eigenvalue weighted by Crippen LogP contribution is 2.33. The number of amides is 1. The maximum Gasteiger partial charge on any atom is 0.345 e. The van der Waals surface area contributed by atoms with Gasteiger partial charge in [-0.3, -0.25) is 4.79 Å². The molecule has 1 aromatic heterocycles. The van der Waals surface area contributed by atoms with Gasteiger partial charge >= 0.3 is 5.97 Å². The minimum absolute atomic E-state index is 0.169. The molecule has 0 fully saturated rings. The summed E-state index contributed by atoms with van der Waals surface area (Å²) >= 11 is 17.8. The van der Waals surface area contributed by atoms with E-state index in [1.165, 1.54) is 18.3 Å². The Balaban J connectivity index is 1.41. The van der Waals surface area contributed by atoms with E-state index in [1.807, 2.05) is 48.5 Å². The van der Waals surface area contributed by atoms with Crippen LogP contribution in [0, 0.1) is 3.57 Å². The van der Waals surface area contributed by atoms with Gasteiger partial charge in [0.05, 0.1) is 16.8 Å². The molecular formula is C29H17BrCl2IN3O3. The molecule has 1 amide bonds. The lowest BCUT2D eigenvalue weighted by Crippen LogP contribution is -2.19. The highest BCUT2D eigenvalue weighted by Gasteiger charge is 2.20. The Morgan fingerprint density at radius 2 is 1.77 bits per heavy atom. The summed E-state index contributed by atoms with van der Waals surface area (Å²) in [6.07, 6.45) is 1.41. The molecule has 2 N–H and O–H groups in total. The van der Waals surface area contributed by atoms with Crippen molar-refractivity contribution < 1.29 is 14.3 Å². The first-order valence-electron chi connectivity index (χ1n) is 11.5. The van der Waals surface area contributed by atoms with E-state index in [1.54, 1.807) is 24.3 Å². The van der Waals surface area contributed by atoms with E-state index in [0.29, 0.717) is 16.3 Å². The van der Waals surface area contributed by atoms with Gasteiger partial charge in [0.1, 0.15) is 11.4 Å². The number of hydrogen-bond donors (Lipinski definition) is 2. The van der Waals surface area contributed by atoms with Crippen molar-refractivity contribution in [3.05, 3.63) is 120 Å². The van der Waals surface area contributed by atoms with Crippen LogP contribution in [0.15, 0.2) is 94.5 Å². The first kappa shape index (κ1) is 27.4. The summed E-state index contributed by atoms with van der Waals surface area (Å²) in [5.74, 6) is -0.840. The van der Waals surface area contributed by atoms with E-state index >= 15 is 0 Å². The highest BCUT2D eigenvalue weighted by molar-refractivity contribution is 14.1. The number of aromatic nitrogens is 1. The number of esters is 1. The van der Waals surface area contributed by atoms with Crippen molar-refractivity contribution in [3.63, 3.8) is 0 Å². The largest absolute Gasteiger partial charge is 0.422 e. The van der Waals surface area contributed by atoms with Crippen LogP contribution >= 0.6 is 61.7 Å². The summed E-state index contributed by atoms with van der Waals surface area (Å²) < 4.78 is 7.37. The Labute approximate surface area is 255 Å². The average molecular weight is 733 g/mol. The summed E-state index contributed by atoms with van der Waals surface area (Å²) in [5, 5.41) is 5.67. The van der Waals surface area contributed by atoms with Gasteiger partial charge in [0.25, 0.3) is 5.91 Å². The molecule has 1 heterocycles. The maximum absolute atomic E-state index is 13.3. The average Bonchev–Trinajstić information content (AvgIpc) is 3.29. The van der Waals surface area contributed by atoms with Crippen molar-refractivity contribution in [1.29, 1.82) is 0 Å². The number of nitrogens with zero attached hydrogens (tertiary/aromatic N) is 1. The van der Waals surface area contributed by atoms with E-state index in [0.717, 1.165) is 30.1 Å². The Bertz CT molecular complexity index is 1760. The second-order valence-electron chi connectivity index (χ2n) is 8.33. The Morgan fingerprint density at radius 1 is 0.974 bits per heavy atom. The van der Waals surface area contributed by atoms with Crippen LogP contribution in [0.5, 0.6) is 5.75 Å². The summed E-state index contributed by atoms with van der Waals surface area (Å²) in [6, 6.07) is 25.2. The number of carbonyl (C=O) groups excluding carboxylic acids is 2. The zero-order chi connectivity index (χ0) is 27.5. The van der Waals surface area contributed by atoms with Crippen molar-refractivity contribution in [1.82, 2.24) is 10.4 Å². The van der Waals surface area contributed by atoms with Gasteiger partial charge in [-0.25, -0.2) is 10.2 Å². The maximum atomic E-state index is 13.3. The van der Waals surface area contributed by atoms with Gasteiger partial charge in [-0.1, -0.05) is 69.5 Å². The summed E-state index contributed by atoms with van der Waals surface area (Å²) in [5.41, 5.74) is 6.12. The Morgan fingerprint density at radius 3 is 2.54 bits per heavy atom. The predicted octanol–water partition coefficient (Wildman–Crippen LogP) is 8.49. The number of nitrogens with one attached hydrogen (secondary N) is 2. The minimum Gasteiger partial charge on any atom is -0.422 e. The number of hydrazone groups is 1. The zero-order valence-corrected chi connectivity index (χ0v) is 25.1. The third-order valence-corrected chi connectivity index (χ3v) is 7.46. The van der Waals surface area contributed by atoms with E-state index in [-0.39, 0.29) is 16.3 Å². The number of aromatic amines is 1. The van der Waals surface area contributed by atoms with E-state index in [9.17, 15) is 9.59 Å². The van der Waals surface area contributed by atoms with Crippen LogP contribution in [0.4, 0.5) is 0 Å². The van der Waals surface area contributed by atoms with Crippen LogP contribution in [0.2, 0.25) is 10.0 Å². The quantitative estimate of drug-likeness (QED) is 0.0604. The molecule has 5 rings (SSSR count). The molecule has 194 valence electrons. The highest BCUT2D eigenvalue weighted by atomic mass is 127. The molecule has 39 heavy (non-hydrogen) atoms. The number of fused-ring (bicyclic) bond motifs is 1. The van der Waals surface area contributed by atoms with Gasteiger partial charge in [0.15, 0.2) is 0 Å². The van der Waals surface area contributed by atoms with Crippen molar-refractivity contribution in [2.45, 2.75) is 0 Å². The summed E-state index contributed by atoms with van der Waals surface area (Å²) in [6.45, 7) is 0. The molecule has 0 saturated carbocycles. The van der Waals surface area contributed by atoms with Crippen molar-refractivity contribution >= 4 is 90.7 Å². The van der Waals surface area contributed by atoms with Crippen LogP contribution in [0.1, 0.15) is 26.4 Å². The van der Waals surface area contributed by atoms with Gasteiger partial charge in [0, 0.05) is 35.1 Å². The fraction of sp³-hybridized carbons (Fsp3) is 0. The molecular weight excluding hydrogens is 716 g/mol. The molecule has 0 radical (unpaired) electrons. The van der Waals surface area contributed by atoms with Crippen molar-refractivity contribution in [2.75, 3.05) is 0 Å². The van der Waals surface area contributed by atoms with Crippen LogP contribution < -0.4 is 10.2 Å². The smallest absolute Gasteiger partial charge is 0.345 e. The van der Waals surface area contributed by atoms with Gasteiger partial charge in [-0.2, -0.15) is 5.10 Å². The normalized spacial score (nSPS) is 11.2. The lowest BCUT2D eigenvalue weighted by atomic mass is 10.0. The van der Waals surface area contributed by atoms with Crippen LogP contribution in [0.25, 0.3) is 22.0 Å². The SMILES string of the molecule is O=C(Oc1ccc(Br)cc1C=NNC(=O)c1[nH]c2ccc(I)cc2c1-c1ccccc1)c1ccc(Cl)cc1Cl. The number of benzene rings is 4. The topological polar surface area (TPSA) is 83.5 Å². The van der Waals surface area contributed by atoms with Gasteiger partial charge < -0.3 is 9.72 Å². The Kier molecular flexibility index (Phi) is 8.37. The molecule has 6 nitrogen and oxygen atoms in total. The molecule has 0 saturated heterocycles. The lowest BCUT2D eigenvalue weighted by molar-refractivity contribution is 0.0734. The molecule has 0 aliphatic rings. The van der Waals surface area contributed by atoms with E-state index in [2.05, 4.69) is 54.0 Å². The van der Waals surface area contributed by atoms with Crippen LogP contribution in [0.3, 0.4) is 0 Å². The van der Waals surface area contributed by atoms with Gasteiger partial charge in [-0.15, -0.1) is 0 Å². The molecule has 0 aliphatic carbocycles. The number of rotatable bonds is 6. The number of H-pyrrole nitrogens is 1. The standard InChI is InChI=1S/C29H17BrCl2IN3O3/c30-18-6-11-25(39-29(38)21-9-7-19(31)13-23(21)32)17(12-18)15-34-36-28(37)27-26(16-4-2-1-3-5-16)22-14-20(33)8-10-24(22)35-27/h1-15,35H,(H,36,37). The minimum atomic E-state index is -0.655. The summed E-state index contributed by atoms with van der Waals surface area (Å²) in [4.78, 5) is 29.3. The molecule has 0 unspecified atom stereocenters. The lowest BCUT2D eigenvalue weighted by Gasteiger charge is -2.09. The molecule has 0 aliphatic heterocycles. The second kappa shape index (κ2) is 11.9. The monoisotopic (exact) mass is 731 g/mol. The third kappa shape index (κ3) is 6.19. The fourth-order valence-electron chi connectivity index (χ4n) is 3.98. The van der Waals surface area contributed by atoms with Crippen LogP contribution in [-0.2, 0) is 0 Å². The molecule has 0 atom stereocenters. The number of hydrogen-bond acceptors (Lipinski definition) is 4. The number of carbonyl (C=O) groups is 2. The van der Waals surface area contributed by atoms with Crippen molar-refractivity contribution in [2.24, 2.45) is 5.10 Å². The van der Waals surface area contributed by atoms with E-state index in [4.69, 9.17) is 27.9 Å². The van der Waals surface area contributed by atoms with Gasteiger partial charge in [-0.05, 0) is 82.8 Å². The molecule has 0 bridgehead atoms. The fourth-order valence-corrected chi connectivity index (χ4v) is 5.33. The molecule has 0 spiro atoms. The summed E-state index contributed by atoms with van der Waals surface area (Å²) in [7, 11) is 0. The first-order chi connectivity index (χ1) is 18.8. The molecule has 4 aromatic carbocycles.